The van der Waals surface area contributed by atoms with Crippen LogP contribution in [0.2, 0.25) is 5.02 Å². The standard InChI is InChI=1S/C23H22ClFN2O4/c24-17-5-3-6-18(25)16(17)12-20(13-8-10-14(11-9-13)22(29)30)27-21(28)15-4-1-2-7-19(15)26-23(27)31/h1-7,13-14,20H,8-12H2,(H,26,31)(H,29,30). The minimum atomic E-state index is -0.840. The number of carboxylic acids is 1. The molecule has 0 spiro atoms. The Labute approximate surface area is 182 Å². The van der Waals surface area contributed by atoms with Crippen molar-refractivity contribution in [1.82, 2.24) is 9.55 Å². The summed E-state index contributed by atoms with van der Waals surface area (Å²) in [5.41, 5.74) is -0.335. The van der Waals surface area contributed by atoms with Gasteiger partial charge in [-0.15, -0.1) is 0 Å². The number of nitrogens with zero attached hydrogens (tertiary/aromatic N) is 1. The van der Waals surface area contributed by atoms with E-state index < -0.39 is 35.0 Å². The van der Waals surface area contributed by atoms with E-state index in [2.05, 4.69) is 4.98 Å². The Bertz CT molecular complexity index is 1220. The summed E-state index contributed by atoms with van der Waals surface area (Å²) in [6.45, 7) is 0. The summed E-state index contributed by atoms with van der Waals surface area (Å²) in [4.78, 5) is 40.4. The second-order valence-corrected chi connectivity index (χ2v) is 8.48. The first kappa shape index (κ1) is 21.3. The van der Waals surface area contributed by atoms with Gasteiger partial charge < -0.3 is 10.1 Å². The maximum absolute atomic E-state index is 14.6. The number of hydrogen-bond donors (Lipinski definition) is 2. The maximum atomic E-state index is 14.6. The van der Waals surface area contributed by atoms with Gasteiger partial charge in [0.05, 0.1) is 16.8 Å². The molecule has 6 nitrogen and oxygen atoms in total. The molecular weight excluding hydrogens is 423 g/mol. The first-order valence-corrected chi connectivity index (χ1v) is 10.6. The lowest BCUT2D eigenvalue weighted by Crippen LogP contribution is -2.42. The van der Waals surface area contributed by atoms with Crippen LogP contribution in [0.4, 0.5) is 4.39 Å². The number of rotatable bonds is 5. The van der Waals surface area contributed by atoms with Crippen LogP contribution in [0, 0.1) is 17.7 Å². The lowest BCUT2D eigenvalue weighted by molar-refractivity contribution is -0.143. The summed E-state index contributed by atoms with van der Waals surface area (Å²) in [6, 6.07) is 10.5. The Morgan fingerprint density at radius 3 is 2.52 bits per heavy atom. The number of nitrogens with one attached hydrogen (secondary N) is 1. The molecule has 162 valence electrons. The SMILES string of the molecule is O=C(O)C1CCC(C(Cc2c(F)cccc2Cl)n2c(=O)[nH]c3ccccc3c2=O)CC1. The van der Waals surface area contributed by atoms with E-state index in [0.717, 1.165) is 4.57 Å². The molecule has 3 aromatic rings. The molecule has 1 aromatic heterocycles. The third kappa shape index (κ3) is 4.14. The predicted molar refractivity (Wildman–Crippen MR) is 116 cm³/mol. The van der Waals surface area contributed by atoms with E-state index in [1.807, 2.05) is 0 Å². The highest BCUT2D eigenvalue weighted by atomic mass is 35.5. The largest absolute Gasteiger partial charge is 0.481 e. The van der Waals surface area contributed by atoms with E-state index in [1.165, 1.54) is 12.1 Å². The number of H-pyrrole nitrogens is 1. The third-order valence-electron chi connectivity index (χ3n) is 6.31. The number of carbonyl (C=O) groups is 1. The van der Waals surface area contributed by atoms with Crippen molar-refractivity contribution < 1.29 is 14.3 Å². The first-order valence-electron chi connectivity index (χ1n) is 10.3. The molecule has 0 bridgehead atoms. The summed E-state index contributed by atoms with van der Waals surface area (Å²) in [5.74, 6) is -1.94. The Balaban J connectivity index is 1.82. The van der Waals surface area contributed by atoms with Gasteiger partial charge in [-0.3, -0.25) is 14.2 Å². The minimum Gasteiger partial charge on any atom is -0.481 e. The average Bonchev–Trinajstić information content (AvgIpc) is 2.75. The number of carboxylic acid groups (broad SMARTS) is 1. The number of benzene rings is 2. The van der Waals surface area contributed by atoms with Crippen LogP contribution in [0.15, 0.2) is 52.1 Å². The fourth-order valence-corrected chi connectivity index (χ4v) is 4.87. The predicted octanol–water partition coefficient (Wildman–Crippen LogP) is 4.16. The van der Waals surface area contributed by atoms with E-state index in [9.17, 15) is 23.9 Å². The van der Waals surface area contributed by atoms with Crippen molar-refractivity contribution in [3.63, 3.8) is 0 Å². The van der Waals surface area contributed by atoms with Gasteiger partial charge in [-0.05, 0) is 62.3 Å². The molecule has 1 fully saturated rings. The molecule has 1 aliphatic rings. The van der Waals surface area contributed by atoms with E-state index in [-0.39, 0.29) is 22.9 Å². The molecule has 8 heteroatoms. The Morgan fingerprint density at radius 2 is 1.84 bits per heavy atom. The molecule has 0 amide bonds. The monoisotopic (exact) mass is 444 g/mol. The van der Waals surface area contributed by atoms with E-state index in [0.29, 0.717) is 36.6 Å². The zero-order chi connectivity index (χ0) is 22.1. The highest BCUT2D eigenvalue weighted by Gasteiger charge is 2.34. The molecule has 31 heavy (non-hydrogen) atoms. The molecule has 0 saturated heterocycles. The molecule has 0 radical (unpaired) electrons. The Morgan fingerprint density at radius 1 is 1.13 bits per heavy atom. The summed E-state index contributed by atoms with van der Waals surface area (Å²) in [5, 5.41) is 9.92. The highest BCUT2D eigenvalue weighted by molar-refractivity contribution is 6.31. The van der Waals surface area contributed by atoms with Crippen LogP contribution in [0.3, 0.4) is 0 Å². The first-order chi connectivity index (χ1) is 14.9. The summed E-state index contributed by atoms with van der Waals surface area (Å²) >= 11 is 6.25. The summed E-state index contributed by atoms with van der Waals surface area (Å²) in [7, 11) is 0. The molecule has 1 saturated carbocycles. The molecule has 2 N–H and O–H groups in total. The number of aliphatic carboxylic acids is 1. The van der Waals surface area contributed by atoms with Crippen LogP contribution in [-0.2, 0) is 11.2 Å². The molecule has 1 aliphatic carbocycles. The molecular formula is C23H22ClFN2O4. The van der Waals surface area contributed by atoms with E-state index >= 15 is 0 Å². The van der Waals surface area contributed by atoms with Gasteiger partial charge in [0.15, 0.2) is 0 Å². The zero-order valence-corrected chi connectivity index (χ0v) is 17.4. The fourth-order valence-electron chi connectivity index (χ4n) is 4.63. The molecule has 0 aliphatic heterocycles. The smallest absolute Gasteiger partial charge is 0.329 e. The van der Waals surface area contributed by atoms with Gasteiger partial charge in [-0.25, -0.2) is 9.18 Å². The van der Waals surface area contributed by atoms with Crippen molar-refractivity contribution in [2.24, 2.45) is 11.8 Å². The lowest BCUT2D eigenvalue weighted by Gasteiger charge is -2.33. The van der Waals surface area contributed by atoms with Crippen LogP contribution in [0.25, 0.3) is 10.9 Å². The van der Waals surface area contributed by atoms with Crippen molar-refractivity contribution in [3.8, 4) is 0 Å². The molecule has 1 atom stereocenters. The number of aromatic amines is 1. The van der Waals surface area contributed by atoms with Gasteiger partial charge in [0.1, 0.15) is 5.82 Å². The quantitative estimate of drug-likeness (QED) is 0.618. The second kappa shape index (κ2) is 8.67. The number of para-hydroxylation sites is 1. The zero-order valence-electron chi connectivity index (χ0n) is 16.7. The number of aromatic nitrogens is 2. The molecule has 1 heterocycles. The average molecular weight is 445 g/mol. The van der Waals surface area contributed by atoms with E-state index in [4.69, 9.17) is 11.6 Å². The molecule has 2 aromatic carbocycles. The number of hydrogen-bond acceptors (Lipinski definition) is 3. The van der Waals surface area contributed by atoms with Gasteiger partial charge in [0, 0.05) is 16.6 Å². The van der Waals surface area contributed by atoms with Gasteiger partial charge in [0.25, 0.3) is 5.56 Å². The van der Waals surface area contributed by atoms with Crippen LogP contribution < -0.4 is 11.2 Å². The van der Waals surface area contributed by atoms with Crippen molar-refractivity contribution in [2.45, 2.75) is 38.1 Å². The van der Waals surface area contributed by atoms with Gasteiger partial charge in [0.2, 0.25) is 0 Å². The maximum Gasteiger partial charge on any atom is 0.329 e. The van der Waals surface area contributed by atoms with Crippen molar-refractivity contribution in [2.75, 3.05) is 0 Å². The fraction of sp³-hybridized carbons (Fsp3) is 0.348. The normalized spacial score (nSPS) is 19.9. The third-order valence-corrected chi connectivity index (χ3v) is 6.66. The van der Waals surface area contributed by atoms with Gasteiger partial charge in [-0.2, -0.15) is 0 Å². The van der Waals surface area contributed by atoms with Crippen molar-refractivity contribution in [3.05, 3.63) is 79.7 Å². The summed E-state index contributed by atoms with van der Waals surface area (Å²) < 4.78 is 15.7. The summed E-state index contributed by atoms with van der Waals surface area (Å²) in [6.07, 6.45) is 2.00. The Hall–Kier alpha value is -2.93. The lowest BCUT2D eigenvalue weighted by atomic mass is 9.77. The minimum absolute atomic E-state index is 0.0647. The second-order valence-electron chi connectivity index (χ2n) is 8.07. The van der Waals surface area contributed by atoms with Gasteiger partial charge >= 0.3 is 11.7 Å². The van der Waals surface area contributed by atoms with Crippen LogP contribution in [0.1, 0.15) is 37.3 Å². The number of fused-ring (bicyclic) bond motifs is 1. The number of halogens is 2. The molecule has 4 rings (SSSR count). The highest BCUT2D eigenvalue weighted by Crippen LogP contribution is 2.38. The van der Waals surface area contributed by atoms with Gasteiger partial charge in [-0.1, -0.05) is 29.8 Å². The topological polar surface area (TPSA) is 92.2 Å². The van der Waals surface area contributed by atoms with Crippen molar-refractivity contribution in [1.29, 1.82) is 0 Å². The molecule has 1 unspecified atom stereocenters. The van der Waals surface area contributed by atoms with E-state index in [1.54, 1.807) is 30.3 Å². The van der Waals surface area contributed by atoms with Crippen LogP contribution >= 0.6 is 11.6 Å². The van der Waals surface area contributed by atoms with Crippen molar-refractivity contribution >= 4 is 28.5 Å². The van der Waals surface area contributed by atoms with Crippen LogP contribution in [-0.4, -0.2) is 20.6 Å². The van der Waals surface area contributed by atoms with Crippen LogP contribution in [0.5, 0.6) is 0 Å². The Kier molecular flexibility index (Phi) is 5.96.